The summed E-state index contributed by atoms with van der Waals surface area (Å²) in [6, 6.07) is 14.8. The molecule has 0 saturated carbocycles. The number of anilines is 1. The molecule has 1 aromatic heterocycles. The largest absolute Gasteiger partial charge is 0.477 e. The van der Waals surface area contributed by atoms with Gasteiger partial charge in [0.2, 0.25) is 0 Å². The van der Waals surface area contributed by atoms with Gasteiger partial charge in [0, 0.05) is 12.0 Å². The summed E-state index contributed by atoms with van der Waals surface area (Å²) < 4.78 is 0. The fraction of sp³-hybridized carbons (Fsp3) is 0.333. The van der Waals surface area contributed by atoms with Gasteiger partial charge in [0.15, 0.2) is 5.69 Å². The minimum Gasteiger partial charge on any atom is -0.477 e. The van der Waals surface area contributed by atoms with Crippen molar-refractivity contribution in [1.29, 1.82) is 0 Å². The molecule has 0 saturated heterocycles. The van der Waals surface area contributed by atoms with E-state index in [4.69, 9.17) is 5.11 Å². The van der Waals surface area contributed by atoms with Crippen LogP contribution in [0.1, 0.15) is 29.9 Å². The molecular formula is C18H22N2O3. The molecule has 5 nitrogen and oxygen atoms in total. The summed E-state index contributed by atoms with van der Waals surface area (Å²) in [6.07, 6.45) is 0.176. The standard InChI is InChI=1S/C18H22N2O3/c1-13(21)18(2,11-14-7-4-3-5-8-14)12-19-16-10-6-9-15(20-16)17(22)23/h3-10,13,21H,11-12H2,1-2H3,(H,19,20)(H,22,23). The van der Waals surface area contributed by atoms with Crippen molar-refractivity contribution in [2.75, 3.05) is 11.9 Å². The smallest absolute Gasteiger partial charge is 0.354 e. The van der Waals surface area contributed by atoms with E-state index in [0.29, 0.717) is 18.8 Å². The third-order valence-electron chi connectivity index (χ3n) is 4.10. The van der Waals surface area contributed by atoms with Crippen LogP contribution in [0.15, 0.2) is 48.5 Å². The van der Waals surface area contributed by atoms with Crippen LogP contribution < -0.4 is 5.32 Å². The van der Waals surface area contributed by atoms with Gasteiger partial charge >= 0.3 is 5.97 Å². The first-order valence-electron chi connectivity index (χ1n) is 7.57. The van der Waals surface area contributed by atoms with E-state index in [1.807, 2.05) is 37.3 Å². The molecule has 3 N–H and O–H groups in total. The van der Waals surface area contributed by atoms with Gasteiger partial charge in [0.1, 0.15) is 5.82 Å². The van der Waals surface area contributed by atoms with Crippen LogP contribution in [0.5, 0.6) is 0 Å². The first kappa shape index (κ1) is 17.0. The van der Waals surface area contributed by atoms with Crippen LogP contribution in [0, 0.1) is 5.41 Å². The SMILES string of the molecule is CC(O)C(C)(CNc1cccc(C(=O)O)n1)Cc1ccccc1. The zero-order valence-corrected chi connectivity index (χ0v) is 13.4. The van der Waals surface area contributed by atoms with Crippen LogP contribution in [0.3, 0.4) is 0 Å². The Kier molecular flexibility index (Phi) is 5.34. The predicted molar refractivity (Wildman–Crippen MR) is 89.6 cm³/mol. The lowest BCUT2D eigenvalue weighted by Gasteiger charge is -2.33. The summed E-state index contributed by atoms with van der Waals surface area (Å²) in [7, 11) is 0. The third-order valence-corrected chi connectivity index (χ3v) is 4.10. The Bertz CT molecular complexity index is 658. The molecule has 0 radical (unpaired) electrons. The minimum atomic E-state index is -1.06. The topological polar surface area (TPSA) is 82.5 Å². The molecule has 0 spiro atoms. The van der Waals surface area contributed by atoms with E-state index in [2.05, 4.69) is 10.3 Å². The summed E-state index contributed by atoms with van der Waals surface area (Å²) in [5, 5.41) is 22.3. The van der Waals surface area contributed by atoms with E-state index in [1.165, 1.54) is 6.07 Å². The highest BCUT2D eigenvalue weighted by molar-refractivity contribution is 5.85. The molecule has 1 heterocycles. The molecule has 2 unspecified atom stereocenters. The first-order valence-corrected chi connectivity index (χ1v) is 7.57. The fourth-order valence-electron chi connectivity index (χ4n) is 2.36. The van der Waals surface area contributed by atoms with Gasteiger partial charge < -0.3 is 15.5 Å². The number of aliphatic hydroxyl groups is 1. The maximum atomic E-state index is 11.0. The molecular weight excluding hydrogens is 292 g/mol. The van der Waals surface area contributed by atoms with Crippen LogP contribution in [0.25, 0.3) is 0 Å². The number of hydrogen-bond donors (Lipinski definition) is 3. The highest BCUT2D eigenvalue weighted by Crippen LogP contribution is 2.27. The van der Waals surface area contributed by atoms with Crippen LogP contribution in [0.4, 0.5) is 5.82 Å². The molecule has 5 heteroatoms. The summed E-state index contributed by atoms with van der Waals surface area (Å²) in [4.78, 5) is 15.0. The number of aromatic nitrogens is 1. The second-order valence-corrected chi connectivity index (χ2v) is 6.06. The quantitative estimate of drug-likeness (QED) is 0.732. The molecule has 0 bridgehead atoms. The molecule has 0 fully saturated rings. The Hall–Kier alpha value is -2.40. The molecule has 1 aromatic carbocycles. The number of aromatic carboxylic acids is 1. The molecule has 0 amide bonds. The van der Waals surface area contributed by atoms with E-state index < -0.39 is 17.5 Å². The van der Waals surface area contributed by atoms with Crippen LogP contribution in [-0.2, 0) is 6.42 Å². The van der Waals surface area contributed by atoms with Gasteiger partial charge in [-0.25, -0.2) is 9.78 Å². The number of carboxylic acid groups (broad SMARTS) is 1. The number of rotatable bonds is 7. The predicted octanol–water partition coefficient (Wildman–Crippen LogP) is 2.82. The molecule has 2 rings (SSSR count). The second-order valence-electron chi connectivity index (χ2n) is 6.06. The van der Waals surface area contributed by atoms with Crippen molar-refractivity contribution in [1.82, 2.24) is 4.98 Å². The highest BCUT2D eigenvalue weighted by Gasteiger charge is 2.30. The summed E-state index contributed by atoms with van der Waals surface area (Å²) in [5.74, 6) is -0.568. The number of nitrogens with zero attached hydrogens (tertiary/aromatic N) is 1. The molecule has 2 atom stereocenters. The van der Waals surface area contributed by atoms with E-state index in [-0.39, 0.29) is 5.69 Å². The Morgan fingerprint density at radius 2 is 1.91 bits per heavy atom. The van der Waals surface area contributed by atoms with Gasteiger partial charge in [-0.3, -0.25) is 0 Å². The van der Waals surface area contributed by atoms with Crippen molar-refractivity contribution in [3.05, 3.63) is 59.8 Å². The fourth-order valence-corrected chi connectivity index (χ4v) is 2.36. The lowest BCUT2D eigenvalue weighted by molar-refractivity contribution is 0.0618. The van der Waals surface area contributed by atoms with Gasteiger partial charge in [0.25, 0.3) is 0 Å². The maximum Gasteiger partial charge on any atom is 0.354 e. The van der Waals surface area contributed by atoms with Crippen molar-refractivity contribution in [3.63, 3.8) is 0 Å². The molecule has 122 valence electrons. The molecule has 2 aromatic rings. The van der Waals surface area contributed by atoms with Gasteiger partial charge in [-0.05, 0) is 31.0 Å². The van der Waals surface area contributed by atoms with Gasteiger partial charge in [-0.15, -0.1) is 0 Å². The highest BCUT2D eigenvalue weighted by atomic mass is 16.4. The second kappa shape index (κ2) is 7.24. The van der Waals surface area contributed by atoms with Crippen molar-refractivity contribution in [3.8, 4) is 0 Å². The molecule has 0 aliphatic heterocycles. The van der Waals surface area contributed by atoms with Crippen molar-refractivity contribution < 1.29 is 15.0 Å². The lowest BCUT2D eigenvalue weighted by Crippen LogP contribution is -2.39. The van der Waals surface area contributed by atoms with Gasteiger partial charge in [-0.1, -0.05) is 43.3 Å². The molecule has 0 aliphatic carbocycles. The van der Waals surface area contributed by atoms with E-state index in [1.54, 1.807) is 19.1 Å². The van der Waals surface area contributed by atoms with Crippen molar-refractivity contribution in [2.24, 2.45) is 5.41 Å². The number of benzene rings is 1. The summed E-state index contributed by atoms with van der Waals surface area (Å²) in [6.45, 7) is 4.25. The van der Waals surface area contributed by atoms with Gasteiger partial charge in [-0.2, -0.15) is 0 Å². The minimum absolute atomic E-state index is 0.00295. The average molecular weight is 314 g/mol. The number of hydrogen-bond acceptors (Lipinski definition) is 4. The van der Waals surface area contributed by atoms with Crippen LogP contribution in [-0.4, -0.2) is 33.8 Å². The Morgan fingerprint density at radius 1 is 1.22 bits per heavy atom. The molecule has 23 heavy (non-hydrogen) atoms. The number of carboxylic acids is 1. The van der Waals surface area contributed by atoms with Crippen LogP contribution >= 0.6 is 0 Å². The van der Waals surface area contributed by atoms with Crippen molar-refractivity contribution >= 4 is 11.8 Å². The van der Waals surface area contributed by atoms with E-state index >= 15 is 0 Å². The van der Waals surface area contributed by atoms with Crippen LogP contribution in [0.2, 0.25) is 0 Å². The van der Waals surface area contributed by atoms with E-state index in [0.717, 1.165) is 5.56 Å². The Balaban J connectivity index is 2.10. The Labute approximate surface area is 136 Å². The van der Waals surface area contributed by atoms with Gasteiger partial charge in [0.05, 0.1) is 6.10 Å². The zero-order valence-electron chi connectivity index (χ0n) is 13.4. The van der Waals surface area contributed by atoms with Crippen molar-refractivity contribution in [2.45, 2.75) is 26.4 Å². The Morgan fingerprint density at radius 3 is 2.52 bits per heavy atom. The molecule has 0 aliphatic rings. The third kappa shape index (κ3) is 4.53. The lowest BCUT2D eigenvalue weighted by atomic mass is 9.79. The monoisotopic (exact) mass is 314 g/mol. The number of carbonyl (C=O) groups is 1. The normalized spacial score (nSPS) is 14.7. The maximum absolute atomic E-state index is 11.0. The number of pyridine rings is 1. The summed E-state index contributed by atoms with van der Waals surface area (Å²) in [5.41, 5.74) is 0.740. The number of nitrogens with one attached hydrogen (secondary N) is 1. The average Bonchev–Trinajstić information content (AvgIpc) is 2.54. The first-order chi connectivity index (χ1) is 10.9. The van der Waals surface area contributed by atoms with E-state index in [9.17, 15) is 9.90 Å². The zero-order chi connectivity index (χ0) is 16.9. The number of aliphatic hydroxyl groups excluding tert-OH is 1. The summed E-state index contributed by atoms with van der Waals surface area (Å²) >= 11 is 0.